The molecule has 3 rings (SSSR count). The minimum absolute atomic E-state index is 0.537. The summed E-state index contributed by atoms with van der Waals surface area (Å²) in [6.07, 6.45) is 6.01. The maximum Gasteiger partial charge on any atom is 0.282 e. The number of pyridine rings is 1. The SMILES string of the molecule is O=S(=O)(N1CCCCCC1)N1CCN(c2ccccn2)CC1. The fraction of sp³-hybridized carbons (Fsp3) is 0.667. The Morgan fingerprint density at radius 1 is 0.818 bits per heavy atom. The van der Waals surface area contributed by atoms with E-state index in [2.05, 4.69) is 9.88 Å². The van der Waals surface area contributed by atoms with E-state index in [1.54, 1.807) is 14.8 Å². The van der Waals surface area contributed by atoms with Crippen molar-refractivity contribution >= 4 is 16.0 Å². The third kappa shape index (κ3) is 3.42. The predicted octanol–water partition coefficient (Wildman–Crippen LogP) is 1.32. The largest absolute Gasteiger partial charge is 0.354 e. The number of anilines is 1. The first-order valence-electron chi connectivity index (χ1n) is 8.09. The van der Waals surface area contributed by atoms with E-state index in [1.165, 1.54) is 0 Å². The molecule has 2 aliphatic heterocycles. The molecular formula is C15H24N4O2S. The van der Waals surface area contributed by atoms with Gasteiger partial charge in [-0.05, 0) is 25.0 Å². The summed E-state index contributed by atoms with van der Waals surface area (Å²) in [5.74, 6) is 0.925. The molecule has 2 aliphatic rings. The first kappa shape index (κ1) is 15.7. The van der Waals surface area contributed by atoms with Crippen LogP contribution in [-0.2, 0) is 10.2 Å². The van der Waals surface area contributed by atoms with Crippen molar-refractivity contribution in [2.45, 2.75) is 25.7 Å². The fourth-order valence-corrected chi connectivity index (χ4v) is 4.80. The van der Waals surface area contributed by atoms with Crippen molar-refractivity contribution in [1.29, 1.82) is 0 Å². The maximum atomic E-state index is 12.8. The third-order valence-corrected chi connectivity index (χ3v) is 6.46. The number of rotatable bonds is 3. The Balaban J connectivity index is 1.62. The summed E-state index contributed by atoms with van der Waals surface area (Å²) >= 11 is 0. The molecule has 1 aromatic heterocycles. The summed E-state index contributed by atoms with van der Waals surface area (Å²) in [7, 11) is -3.29. The first-order valence-corrected chi connectivity index (χ1v) is 9.49. The van der Waals surface area contributed by atoms with Gasteiger partial charge >= 0.3 is 0 Å². The van der Waals surface area contributed by atoms with Gasteiger partial charge in [-0.1, -0.05) is 18.9 Å². The lowest BCUT2D eigenvalue weighted by Crippen LogP contribution is -2.53. The fourth-order valence-electron chi connectivity index (χ4n) is 3.12. The zero-order valence-corrected chi connectivity index (χ0v) is 13.7. The zero-order valence-electron chi connectivity index (χ0n) is 12.9. The molecule has 0 bridgehead atoms. The lowest BCUT2D eigenvalue weighted by Gasteiger charge is -2.37. The van der Waals surface area contributed by atoms with Crippen LogP contribution in [-0.4, -0.2) is 61.3 Å². The summed E-state index contributed by atoms with van der Waals surface area (Å²) in [6, 6.07) is 5.82. The molecule has 122 valence electrons. The third-order valence-electron chi connectivity index (χ3n) is 4.43. The van der Waals surface area contributed by atoms with Crippen molar-refractivity contribution in [2.24, 2.45) is 0 Å². The Hall–Kier alpha value is -1.18. The van der Waals surface area contributed by atoms with Crippen LogP contribution in [0.1, 0.15) is 25.7 Å². The molecule has 1 aromatic rings. The van der Waals surface area contributed by atoms with Crippen molar-refractivity contribution in [2.75, 3.05) is 44.2 Å². The normalized spacial score (nSPS) is 22.5. The van der Waals surface area contributed by atoms with Gasteiger partial charge < -0.3 is 4.90 Å². The summed E-state index contributed by atoms with van der Waals surface area (Å²) in [5.41, 5.74) is 0. The van der Waals surface area contributed by atoms with E-state index in [1.807, 2.05) is 18.2 Å². The van der Waals surface area contributed by atoms with E-state index in [4.69, 9.17) is 0 Å². The highest BCUT2D eigenvalue weighted by molar-refractivity contribution is 7.86. The Bertz CT molecular complexity index is 562. The van der Waals surface area contributed by atoms with Gasteiger partial charge in [-0.15, -0.1) is 0 Å². The van der Waals surface area contributed by atoms with E-state index >= 15 is 0 Å². The number of nitrogens with zero attached hydrogens (tertiary/aromatic N) is 4. The topological polar surface area (TPSA) is 56.8 Å². The highest BCUT2D eigenvalue weighted by Crippen LogP contribution is 2.19. The summed E-state index contributed by atoms with van der Waals surface area (Å²) in [5, 5.41) is 0. The van der Waals surface area contributed by atoms with Crippen molar-refractivity contribution < 1.29 is 8.42 Å². The van der Waals surface area contributed by atoms with Gasteiger partial charge in [0, 0.05) is 45.5 Å². The van der Waals surface area contributed by atoms with Gasteiger partial charge in [0.15, 0.2) is 0 Å². The number of hydrogen-bond acceptors (Lipinski definition) is 4. The van der Waals surface area contributed by atoms with Crippen LogP contribution in [0.15, 0.2) is 24.4 Å². The van der Waals surface area contributed by atoms with Crippen LogP contribution in [0.5, 0.6) is 0 Å². The summed E-state index contributed by atoms with van der Waals surface area (Å²) in [6.45, 7) is 3.81. The molecule has 6 nitrogen and oxygen atoms in total. The lowest BCUT2D eigenvalue weighted by atomic mass is 10.2. The molecule has 3 heterocycles. The van der Waals surface area contributed by atoms with Crippen LogP contribution < -0.4 is 4.90 Å². The number of piperazine rings is 1. The van der Waals surface area contributed by atoms with Crippen LogP contribution in [0.2, 0.25) is 0 Å². The van der Waals surface area contributed by atoms with Crippen LogP contribution in [0, 0.1) is 0 Å². The Labute approximate surface area is 132 Å². The molecule has 22 heavy (non-hydrogen) atoms. The monoisotopic (exact) mass is 324 g/mol. The summed E-state index contributed by atoms with van der Waals surface area (Å²) in [4.78, 5) is 6.49. The molecule has 7 heteroatoms. The molecule has 0 amide bonds. The van der Waals surface area contributed by atoms with E-state index in [0.717, 1.165) is 31.5 Å². The molecule has 0 N–H and O–H groups in total. The molecule has 0 saturated carbocycles. The van der Waals surface area contributed by atoms with E-state index in [-0.39, 0.29) is 0 Å². The van der Waals surface area contributed by atoms with Gasteiger partial charge in [0.25, 0.3) is 10.2 Å². The minimum Gasteiger partial charge on any atom is -0.354 e. The van der Waals surface area contributed by atoms with Crippen molar-refractivity contribution in [1.82, 2.24) is 13.6 Å². The average Bonchev–Trinajstić information content (AvgIpc) is 2.86. The average molecular weight is 324 g/mol. The van der Waals surface area contributed by atoms with Crippen LogP contribution in [0.4, 0.5) is 5.82 Å². The first-order chi connectivity index (χ1) is 10.7. The highest BCUT2D eigenvalue weighted by Gasteiger charge is 2.32. The van der Waals surface area contributed by atoms with Gasteiger partial charge in [0.05, 0.1) is 0 Å². The molecule has 0 radical (unpaired) electrons. The minimum atomic E-state index is -3.29. The number of hydrogen-bond donors (Lipinski definition) is 0. The Kier molecular flexibility index (Phi) is 4.95. The van der Waals surface area contributed by atoms with Gasteiger partial charge in [-0.3, -0.25) is 0 Å². The molecule has 2 saturated heterocycles. The predicted molar refractivity (Wildman–Crippen MR) is 87.0 cm³/mol. The van der Waals surface area contributed by atoms with Crippen LogP contribution in [0.25, 0.3) is 0 Å². The standard InChI is InChI=1S/C15H24N4O2S/c20-22(21,18-9-5-1-2-6-10-18)19-13-11-17(12-14-19)15-7-3-4-8-16-15/h3-4,7-8H,1-2,5-6,9-14H2. The van der Waals surface area contributed by atoms with Gasteiger partial charge in [-0.25, -0.2) is 4.98 Å². The molecule has 0 atom stereocenters. The summed E-state index contributed by atoms with van der Waals surface area (Å²) < 4.78 is 28.8. The van der Waals surface area contributed by atoms with E-state index < -0.39 is 10.2 Å². The van der Waals surface area contributed by atoms with Crippen molar-refractivity contribution in [3.8, 4) is 0 Å². The molecule has 0 aromatic carbocycles. The lowest BCUT2D eigenvalue weighted by molar-refractivity contribution is 0.327. The van der Waals surface area contributed by atoms with Gasteiger partial charge in [0.2, 0.25) is 0 Å². The molecular weight excluding hydrogens is 300 g/mol. The van der Waals surface area contributed by atoms with E-state index in [0.29, 0.717) is 39.3 Å². The van der Waals surface area contributed by atoms with Crippen LogP contribution >= 0.6 is 0 Å². The van der Waals surface area contributed by atoms with Crippen molar-refractivity contribution in [3.63, 3.8) is 0 Å². The van der Waals surface area contributed by atoms with E-state index in [9.17, 15) is 8.42 Å². The second-order valence-electron chi connectivity index (χ2n) is 5.90. The Morgan fingerprint density at radius 3 is 2.05 bits per heavy atom. The zero-order chi connectivity index (χ0) is 15.4. The van der Waals surface area contributed by atoms with Crippen LogP contribution in [0.3, 0.4) is 0 Å². The Morgan fingerprint density at radius 2 is 1.45 bits per heavy atom. The van der Waals surface area contributed by atoms with Crippen molar-refractivity contribution in [3.05, 3.63) is 24.4 Å². The number of aromatic nitrogens is 1. The highest BCUT2D eigenvalue weighted by atomic mass is 32.2. The maximum absolute atomic E-state index is 12.8. The molecule has 0 unspecified atom stereocenters. The molecule has 0 aliphatic carbocycles. The second kappa shape index (κ2) is 6.93. The quantitative estimate of drug-likeness (QED) is 0.841. The smallest absolute Gasteiger partial charge is 0.282 e. The second-order valence-corrected chi connectivity index (χ2v) is 7.82. The van der Waals surface area contributed by atoms with Gasteiger partial charge in [0.1, 0.15) is 5.82 Å². The molecule has 2 fully saturated rings. The molecule has 0 spiro atoms. The van der Waals surface area contributed by atoms with Gasteiger partial charge in [-0.2, -0.15) is 17.0 Å².